The summed E-state index contributed by atoms with van der Waals surface area (Å²) in [4.78, 5) is 65.4. The van der Waals surface area contributed by atoms with E-state index >= 15 is 0 Å². The predicted octanol–water partition coefficient (Wildman–Crippen LogP) is -2.65. The summed E-state index contributed by atoms with van der Waals surface area (Å²) in [5.74, 6) is -4.51. The number of carbonyl (C=O) groups excluding carboxylic acids is 4. The number of aliphatic carboxylic acids is 1. The maximum Gasteiger partial charge on any atom is 0.326 e. The first kappa shape index (κ1) is 40.8. The second kappa shape index (κ2) is 19.1. The fourth-order valence-electron chi connectivity index (χ4n) is 5.42. The Morgan fingerprint density at radius 1 is 0.824 bits per heavy atom. The van der Waals surface area contributed by atoms with Crippen molar-refractivity contribution in [2.75, 3.05) is 19.6 Å². The monoisotopic (exact) mass is 717 g/mol. The lowest BCUT2D eigenvalue weighted by atomic mass is 9.98. The minimum atomic E-state index is -1.91. The van der Waals surface area contributed by atoms with E-state index in [4.69, 9.17) is 10.5 Å². The Kier molecular flexibility index (Phi) is 15.3. The van der Waals surface area contributed by atoms with Gasteiger partial charge in [0.25, 0.3) is 0 Å². The van der Waals surface area contributed by atoms with Gasteiger partial charge in [-0.15, -0.1) is 0 Å². The third-order valence-electron chi connectivity index (χ3n) is 8.14. The molecule has 51 heavy (non-hydrogen) atoms. The Bertz CT molecular complexity index is 1480. The number of ether oxygens (including phenoxy) is 1. The van der Waals surface area contributed by atoms with Crippen LogP contribution in [0.5, 0.6) is 5.75 Å². The molecule has 1 fully saturated rings. The number of aromatic hydroxyl groups is 1. The minimum absolute atomic E-state index is 0.00804. The van der Waals surface area contributed by atoms with Gasteiger partial charge in [0.05, 0.1) is 25.7 Å². The highest BCUT2D eigenvalue weighted by molar-refractivity contribution is 5.93. The van der Waals surface area contributed by atoms with Crippen molar-refractivity contribution in [3.05, 3.63) is 65.7 Å². The van der Waals surface area contributed by atoms with Gasteiger partial charge in [-0.1, -0.05) is 56.3 Å². The minimum Gasteiger partial charge on any atom is -0.508 e. The van der Waals surface area contributed by atoms with E-state index in [1.54, 1.807) is 44.2 Å². The Hall–Kier alpha value is -4.65. The molecule has 0 aromatic heterocycles. The van der Waals surface area contributed by atoms with E-state index in [0.717, 1.165) is 4.90 Å². The van der Waals surface area contributed by atoms with Gasteiger partial charge < -0.3 is 62.0 Å². The molecule has 280 valence electrons. The van der Waals surface area contributed by atoms with Crippen molar-refractivity contribution in [3.63, 3.8) is 0 Å². The molecule has 0 aliphatic carbocycles. The van der Waals surface area contributed by atoms with Gasteiger partial charge >= 0.3 is 5.97 Å². The van der Waals surface area contributed by atoms with Crippen LogP contribution in [0.4, 0.5) is 0 Å². The first-order valence-corrected chi connectivity index (χ1v) is 16.4. The number of carboxylic acids is 1. The van der Waals surface area contributed by atoms with Crippen molar-refractivity contribution >= 4 is 29.6 Å². The van der Waals surface area contributed by atoms with Gasteiger partial charge in [0.2, 0.25) is 23.6 Å². The molecular formula is C34H47N5O12. The third kappa shape index (κ3) is 12.6. The molecule has 2 aromatic carbocycles. The van der Waals surface area contributed by atoms with Gasteiger partial charge in [0.1, 0.15) is 42.2 Å². The number of aliphatic hydroxyl groups is 4. The van der Waals surface area contributed by atoms with Gasteiger partial charge in [0.15, 0.2) is 6.29 Å². The predicted molar refractivity (Wildman–Crippen MR) is 179 cm³/mol. The maximum atomic E-state index is 13.5. The zero-order valence-electron chi connectivity index (χ0n) is 28.3. The smallest absolute Gasteiger partial charge is 0.326 e. The Morgan fingerprint density at radius 3 is 2.06 bits per heavy atom. The standard InChI is InChI=1S/C34H47N5O12/c1-18(2)12-24(33(48)49)38-31(46)23(14-19-6-4-3-5-7-19)37-26(41)15-36-27(42)17-39(16-25-28(43)29(44)30(45)34(50)51-25)32(47)22(35)13-20-8-10-21(40)11-9-20/h3-11,18,22-25,28-30,34,40,43-45,50H,12-17,35H2,1-2H3,(H,36,42)(H,37,41)(H,38,46)(H,48,49)/t22-,23-,24-,25+,28-,29-,30+,34-/m0/s1. The molecule has 1 aliphatic heterocycles. The van der Waals surface area contributed by atoms with Crippen LogP contribution in [0.1, 0.15) is 31.4 Å². The number of aliphatic hydroxyl groups excluding tert-OH is 4. The summed E-state index contributed by atoms with van der Waals surface area (Å²) in [6.45, 7) is 1.66. The second-order valence-electron chi connectivity index (χ2n) is 12.8. The molecule has 0 saturated carbocycles. The summed E-state index contributed by atoms with van der Waals surface area (Å²) in [5.41, 5.74) is 7.41. The van der Waals surface area contributed by atoms with Crippen LogP contribution in [0.3, 0.4) is 0 Å². The second-order valence-corrected chi connectivity index (χ2v) is 12.8. The molecule has 0 spiro atoms. The van der Waals surface area contributed by atoms with E-state index in [-0.39, 0.29) is 30.9 Å². The number of amides is 4. The van der Waals surface area contributed by atoms with Gasteiger partial charge in [-0.2, -0.15) is 0 Å². The van der Waals surface area contributed by atoms with Crippen molar-refractivity contribution in [2.45, 2.75) is 81.9 Å². The fourth-order valence-corrected chi connectivity index (χ4v) is 5.42. The van der Waals surface area contributed by atoms with Gasteiger partial charge in [0, 0.05) is 6.42 Å². The van der Waals surface area contributed by atoms with Crippen molar-refractivity contribution < 1.29 is 59.3 Å². The number of hydrogen-bond acceptors (Lipinski definition) is 12. The van der Waals surface area contributed by atoms with Crippen molar-refractivity contribution in [1.29, 1.82) is 0 Å². The average molecular weight is 718 g/mol. The molecule has 17 heteroatoms. The summed E-state index contributed by atoms with van der Waals surface area (Å²) in [6.07, 6.45) is -8.67. The molecule has 0 radical (unpaired) electrons. The van der Waals surface area contributed by atoms with Crippen LogP contribution in [-0.2, 0) is 41.6 Å². The Balaban J connectivity index is 1.71. The number of nitrogens with zero attached hydrogens (tertiary/aromatic N) is 1. The van der Waals surface area contributed by atoms with Crippen molar-refractivity contribution in [3.8, 4) is 5.75 Å². The molecule has 3 rings (SSSR count). The Labute approximate surface area is 294 Å². The van der Waals surface area contributed by atoms with E-state index in [1.807, 2.05) is 0 Å². The molecule has 1 saturated heterocycles. The van der Waals surface area contributed by atoms with E-state index < -0.39 is 98.1 Å². The molecule has 4 amide bonds. The highest BCUT2D eigenvalue weighted by Gasteiger charge is 2.44. The molecule has 8 atom stereocenters. The normalized spacial score (nSPS) is 21.9. The van der Waals surface area contributed by atoms with Gasteiger partial charge in [-0.3, -0.25) is 19.2 Å². The summed E-state index contributed by atoms with van der Waals surface area (Å²) in [6, 6.07) is 10.9. The topological polar surface area (TPSA) is 281 Å². The lowest BCUT2D eigenvalue weighted by Gasteiger charge is -2.40. The summed E-state index contributed by atoms with van der Waals surface area (Å²) in [7, 11) is 0. The van der Waals surface area contributed by atoms with Gasteiger partial charge in [-0.25, -0.2) is 4.79 Å². The summed E-state index contributed by atoms with van der Waals surface area (Å²) < 4.78 is 5.19. The van der Waals surface area contributed by atoms with E-state index in [1.165, 1.54) is 24.3 Å². The van der Waals surface area contributed by atoms with Crippen LogP contribution in [0.2, 0.25) is 0 Å². The fraction of sp³-hybridized carbons (Fsp3) is 0.500. The number of hydrogen-bond donors (Lipinski definition) is 10. The molecule has 0 bridgehead atoms. The third-order valence-corrected chi connectivity index (χ3v) is 8.14. The molecule has 1 aliphatic rings. The van der Waals surface area contributed by atoms with Crippen LogP contribution in [-0.4, -0.2) is 134 Å². The number of rotatable bonds is 17. The van der Waals surface area contributed by atoms with E-state index in [2.05, 4.69) is 16.0 Å². The number of benzene rings is 2. The Morgan fingerprint density at radius 2 is 1.45 bits per heavy atom. The lowest BCUT2D eigenvalue weighted by Crippen LogP contribution is -2.61. The molecule has 11 N–H and O–H groups in total. The highest BCUT2D eigenvalue weighted by Crippen LogP contribution is 2.21. The van der Waals surface area contributed by atoms with Crippen LogP contribution < -0.4 is 21.7 Å². The van der Waals surface area contributed by atoms with Crippen LogP contribution >= 0.6 is 0 Å². The number of nitrogens with two attached hydrogens (primary N) is 1. The lowest BCUT2D eigenvalue weighted by molar-refractivity contribution is -0.283. The number of carbonyl (C=O) groups is 5. The van der Waals surface area contributed by atoms with Crippen molar-refractivity contribution in [2.24, 2.45) is 11.7 Å². The molecular weight excluding hydrogens is 670 g/mol. The zero-order valence-corrected chi connectivity index (χ0v) is 28.3. The van der Waals surface area contributed by atoms with Gasteiger partial charge in [-0.05, 0) is 42.0 Å². The number of nitrogens with one attached hydrogen (secondary N) is 3. The van der Waals surface area contributed by atoms with Crippen LogP contribution in [0.15, 0.2) is 54.6 Å². The molecule has 2 aromatic rings. The SMILES string of the molecule is CC(C)C[C@H](NC(=O)[C@H](Cc1ccccc1)NC(=O)CNC(=O)CN(C[C@H]1O[C@H](O)[C@H](O)[C@@H](O)[C@H]1O)C(=O)[C@@H](N)Cc1ccc(O)cc1)C(=O)O. The summed E-state index contributed by atoms with van der Waals surface area (Å²) >= 11 is 0. The zero-order chi connectivity index (χ0) is 37.8. The maximum absolute atomic E-state index is 13.5. The molecule has 1 heterocycles. The quantitative estimate of drug-likeness (QED) is 0.0802. The number of phenols is 1. The van der Waals surface area contributed by atoms with Crippen LogP contribution in [0, 0.1) is 5.92 Å². The first-order chi connectivity index (χ1) is 24.0. The average Bonchev–Trinajstić information content (AvgIpc) is 3.08. The number of phenolic OH excluding ortho intramolecular Hbond substituents is 1. The van der Waals surface area contributed by atoms with Crippen molar-refractivity contribution in [1.82, 2.24) is 20.9 Å². The molecule has 0 unspecified atom stereocenters. The largest absolute Gasteiger partial charge is 0.508 e. The number of carboxylic acid groups (broad SMARTS) is 1. The molecule has 17 nitrogen and oxygen atoms in total. The summed E-state index contributed by atoms with van der Waals surface area (Å²) in [5, 5.41) is 66.9. The highest BCUT2D eigenvalue weighted by atomic mass is 16.6. The van der Waals surface area contributed by atoms with E-state index in [9.17, 15) is 54.6 Å². The van der Waals surface area contributed by atoms with Crippen LogP contribution in [0.25, 0.3) is 0 Å². The van der Waals surface area contributed by atoms with E-state index in [0.29, 0.717) is 11.1 Å². The first-order valence-electron chi connectivity index (χ1n) is 16.4.